The van der Waals surface area contributed by atoms with Crippen molar-refractivity contribution in [3.63, 3.8) is 0 Å². The molecule has 238 valence electrons. The first-order valence-corrected chi connectivity index (χ1v) is 13.3. The van der Waals surface area contributed by atoms with Gasteiger partial charge in [0.1, 0.15) is 60.1 Å². The third-order valence-corrected chi connectivity index (χ3v) is 7.14. The van der Waals surface area contributed by atoms with Crippen molar-refractivity contribution in [2.24, 2.45) is 0 Å². The summed E-state index contributed by atoms with van der Waals surface area (Å²) in [7, 11) is 0. The maximum atomic E-state index is 11.4. The number of carbonyl (C=O) groups excluding carboxylic acids is 1. The van der Waals surface area contributed by atoms with Crippen LogP contribution in [0, 0.1) is 0 Å². The summed E-state index contributed by atoms with van der Waals surface area (Å²) in [6, 6.07) is 7.15. The fourth-order valence-corrected chi connectivity index (χ4v) is 4.80. The van der Waals surface area contributed by atoms with E-state index in [1.807, 2.05) is 0 Å². The molecule has 0 amide bonds. The highest BCUT2D eigenvalue weighted by Crippen LogP contribution is 2.42. The summed E-state index contributed by atoms with van der Waals surface area (Å²) >= 11 is 0. The molecule has 0 radical (unpaired) electrons. The molecule has 2 saturated heterocycles. The summed E-state index contributed by atoms with van der Waals surface area (Å²) in [6.45, 7) is 0.154. The van der Waals surface area contributed by atoms with E-state index in [-0.39, 0.29) is 33.8 Å². The Morgan fingerprint density at radius 3 is 2.34 bits per heavy atom. The van der Waals surface area contributed by atoms with Gasteiger partial charge >= 0.3 is 17.3 Å². The van der Waals surface area contributed by atoms with Gasteiger partial charge in [-0.2, -0.15) is 0 Å². The summed E-state index contributed by atoms with van der Waals surface area (Å²) in [5, 5.41) is 92.7. The number of carbonyl (C=O) groups is 1. The highest BCUT2D eigenvalue weighted by molar-refractivity contribution is 5.88. The minimum Gasteiger partial charge on any atom is -0.507 e. The van der Waals surface area contributed by atoms with Crippen LogP contribution >= 0.6 is 0 Å². The fourth-order valence-electron chi connectivity index (χ4n) is 4.80. The minimum atomic E-state index is -1.84. The number of aliphatic hydroxyl groups is 5. The van der Waals surface area contributed by atoms with Crippen molar-refractivity contribution in [1.82, 2.24) is 0 Å². The van der Waals surface area contributed by atoms with Crippen molar-refractivity contribution in [3.05, 3.63) is 36.4 Å². The Morgan fingerprint density at radius 2 is 1.64 bits per heavy atom. The van der Waals surface area contributed by atoms with Crippen LogP contribution < -0.4 is 4.74 Å². The van der Waals surface area contributed by atoms with E-state index in [4.69, 9.17) is 28.1 Å². The van der Waals surface area contributed by atoms with E-state index in [1.54, 1.807) is 0 Å². The number of phenolic OH excluding ortho intramolecular Hbond substituents is 4. The van der Waals surface area contributed by atoms with Crippen molar-refractivity contribution in [2.45, 2.75) is 62.2 Å². The molecule has 5 rings (SSSR count). The fraction of sp³-hybridized carbons (Fsp3) is 0.429. The molecule has 2 aliphatic rings. The van der Waals surface area contributed by atoms with Crippen LogP contribution in [0.4, 0.5) is 0 Å². The predicted molar refractivity (Wildman–Crippen MR) is 143 cm³/mol. The number of aliphatic hydroxyl groups excluding tert-OH is 5. The lowest BCUT2D eigenvalue weighted by atomic mass is 9.98. The zero-order chi connectivity index (χ0) is 31.9. The van der Waals surface area contributed by atoms with E-state index >= 15 is 0 Å². The van der Waals surface area contributed by atoms with Gasteiger partial charge in [0.2, 0.25) is 12.0 Å². The van der Waals surface area contributed by atoms with Crippen LogP contribution in [0.1, 0.15) is 6.92 Å². The summed E-state index contributed by atoms with van der Waals surface area (Å²) in [5.74, 6) is -2.77. The maximum absolute atomic E-state index is 11.4. The average molecular weight is 624 g/mol. The molecule has 9 atom stereocenters. The number of rotatable bonds is 7. The van der Waals surface area contributed by atoms with Gasteiger partial charge in [-0.25, -0.2) is 4.42 Å². The Hall–Kier alpha value is -4.00. The SMILES string of the molecule is CC(=O)OC[C@@H]1OC(Oc2cc3c(O)cc(O)cc3[o+]c2-c2ccc(O)c(O)c2)C(O[C@@H]2OCC(O)[C@@H](O)[C@@H]2O)[C@H](O)C1O. The van der Waals surface area contributed by atoms with E-state index in [0.29, 0.717) is 0 Å². The quantitative estimate of drug-likeness (QED) is 0.0906. The van der Waals surface area contributed by atoms with Crippen molar-refractivity contribution in [2.75, 3.05) is 13.2 Å². The van der Waals surface area contributed by atoms with Crippen LogP contribution in [-0.2, 0) is 23.7 Å². The molecule has 0 spiro atoms. The lowest BCUT2D eigenvalue weighted by molar-refractivity contribution is -0.345. The lowest BCUT2D eigenvalue weighted by Gasteiger charge is -2.44. The van der Waals surface area contributed by atoms with Gasteiger partial charge in [-0.15, -0.1) is 0 Å². The molecule has 2 aliphatic heterocycles. The number of benzene rings is 2. The Bertz CT molecular complexity index is 1510. The first-order chi connectivity index (χ1) is 20.8. The van der Waals surface area contributed by atoms with Crippen LogP contribution in [0.15, 0.2) is 40.8 Å². The standard InChI is InChI=1S/C28H30O16/c1-10(29)39-9-20-22(36)23(37)26(44-27-24(38)21(35)17(34)8-40-27)28(43-20)42-19-7-13-15(32)5-12(30)6-18(13)41-25(19)11-2-3-14(31)16(33)4-11/h2-7,17,20-24,26-28,34-38H,8-9H2,1H3,(H3-,30,31,32,33)/p+1/t17?,20-,21+,22?,23+,24-,26?,27-,28?/m0/s1. The number of esters is 1. The number of aromatic hydroxyl groups is 4. The first kappa shape index (κ1) is 31.4. The molecule has 16 nitrogen and oxygen atoms in total. The molecular formula is C28H31O16+. The van der Waals surface area contributed by atoms with Gasteiger partial charge in [-0.3, -0.25) is 4.79 Å². The predicted octanol–water partition coefficient (Wildman–Crippen LogP) is -0.584. The summed E-state index contributed by atoms with van der Waals surface area (Å²) < 4.78 is 33.8. The molecule has 16 heteroatoms. The topological polar surface area (TPSA) is 257 Å². The van der Waals surface area contributed by atoms with Gasteiger partial charge in [0.15, 0.2) is 23.9 Å². The molecule has 9 N–H and O–H groups in total. The number of ether oxygens (including phenoxy) is 5. The zero-order valence-electron chi connectivity index (χ0n) is 23.0. The third-order valence-electron chi connectivity index (χ3n) is 7.14. The van der Waals surface area contributed by atoms with Crippen molar-refractivity contribution >= 4 is 16.9 Å². The molecule has 2 aromatic carbocycles. The van der Waals surface area contributed by atoms with Crippen LogP contribution in [0.3, 0.4) is 0 Å². The Balaban J connectivity index is 1.57. The first-order valence-electron chi connectivity index (χ1n) is 13.3. The van der Waals surface area contributed by atoms with Crippen LogP contribution in [-0.4, -0.2) is 120 Å². The van der Waals surface area contributed by atoms with Crippen molar-refractivity contribution in [1.29, 1.82) is 0 Å². The van der Waals surface area contributed by atoms with Gasteiger partial charge in [-0.1, -0.05) is 0 Å². The largest absolute Gasteiger partial charge is 0.507 e. The monoisotopic (exact) mass is 623 g/mol. The molecule has 0 aliphatic carbocycles. The van der Waals surface area contributed by atoms with E-state index in [0.717, 1.165) is 25.1 Å². The second-order valence-corrected chi connectivity index (χ2v) is 10.3. The molecule has 4 unspecified atom stereocenters. The van der Waals surface area contributed by atoms with Crippen molar-refractivity contribution in [3.8, 4) is 40.1 Å². The Morgan fingerprint density at radius 1 is 0.886 bits per heavy atom. The van der Waals surface area contributed by atoms with Gasteiger partial charge in [0.05, 0.1) is 18.2 Å². The lowest BCUT2D eigenvalue weighted by Crippen LogP contribution is -2.64. The summed E-state index contributed by atoms with van der Waals surface area (Å²) in [6.07, 6.45) is -14.8. The highest BCUT2D eigenvalue weighted by atomic mass is 16.8. The van der Waals surface area contributed by atoms with Crippen LogP contribution in [0.25, 0.3) is 22.3 Å². The van der Waals surface area contributed by atoms with Gasteiger partial charge in [0.25, 0.3) is 0 Å². The van der Waals surface area contributed by atoms with Gasteiger partial charge in [-0.05, 0) is 12.1 Å². The molecule has 3 aromatic rings. The molecule has 3 heterocycles. The minimum absolute atomic E-state index is 0.0238. The molecular weight excluding hydrogens is 592 g/mol. The smallest absolute Gasteiger partial charge is 0.402 e. The van der Waals surface area contributed by atoms with Crippen LogP contribution in [0.5, 0.6) is 28.7 Å². The second-order valence-electron chi connectivity index (χ2n) is 10.3. The van der Waals surface area contributed by atoms with E-state index in [1.165, 1.54) is 18.2 Å². The Labute approximate surface area is 248 Å². The molecule has 0 bridgehead atoms. The number of phenols is 4. The molecule has 1 aromatic heterocycles. The normalized spacial score (nSPS) is 30.6. The maximum Gasteiger partial charge on any atom is 0.402 e. The molecule has 0 saturated carbocycles. The summed E-state index contributed by atoms with van der Waals surface area (Å²) in [5.41, 5.74) is 0.109. The van der Waals surface area contributed by atoms with Gasteiger partial charge < -0.3 is 69.6 Å². The molecule has 44 heavy (non-hydrogen) atoms. The number of hydrogen-bond donors (Lipinski definition) is 9. The second kappa shape index (κ2) is 12.5. The Kier molecular flexibility index (Phi) is 8.96. The number of hydrogen-bond acceptors (Lipinski definition) is 15. The van der Waals surface area contributed by atoms with Crippen molar-refractivity contribution < 1.29 is 78.9 Å². The van der Waals surface area contributed by atoms with Crippen LogP contribution in [0.2, 0.25) is 0 Å². The summed E-state index contributed by atoms with van der Waals surface area (Å²) in [4.78, 5) is 11.4. The number of fused-ring (bicyclic) bond motifs is 1. The molecule has 2 fully saturated rings. The van der Waals surface area contributed by atoms with E-state index in [2.05, 4.69) is 0 Å². The van der Waals surface area contributed by atoms with Gasteiger partial charge in [0, 0.05) is 25.1 Å². The highest BCUT2D eigenvalue weighted by Gasteiger charge is 2.51. The van der Waals surface area contributed by atoms with E-state index in [9.17, 15) is 50.8 Å². The third kappa shape index (κ3) is 6.28. The zero-order valence-corrected chi connectivity index (χ0v) is 23.0. The average Bonchev–Trinajstić information content (AvgIpc) is 2.97. The van der Waals surface area contributed by atoms with E-state index < -0.39 is 91.7 Å².